The quantitative estimate of drug-likeness (QED) is 0.436. The van der Waals surface area contributed by atoms with Crippen molar-refractivity contribution in [2.45, 2.75) is 25.8 Å². The Hall–Kier alpha value is -4.40. The number of aryl methyl sites for hydroxylation is 1. The van der Waals surface area contributed by atoms with Gasteiger partial charge in [0.1, 0.15) is 11.5 Å². The summed E-state index contributed by atoms with van der Waals surface area (Å²) in [6.07, 6.45) is 7.88. The number of halogens is 1. The van der Waals surface area contributed by atoms with Gasteiger partial charge in [0, 0.05) is 35.8 Å². The first kappa shape index (κ1) is 20.2. The number of anilines is 1. The molecule has 1 aliphatic heterocycles. The number of hydrogen-bond acceptors (Lipinski definition) is 5. The molecule has 9 heteroatoms. The van der Waals surface area contributed by atoms with Crippen molar-refractivity contribution in [1.82, 2.24) is 29.4 Å². The van der Waals surface area contributed by atoms with Gasteiger partial charge in [-0.1, -0.05) is 0 Å². The SMILES string of the molecule is O=C(Nc1cn2nc(-c3c(-c4ccc(F)cc4)nn4c3CCCC4)ccc2n1)c1ccncc1. The molecule has 0 saturated heterocycles. The van der Waals surface area contributed by atoms with E-state index in [9.17, 15) is 9.18 Å². The maximum atomic E-state index is 13.5. The fraction of sp³-hybridized carbons (Fsp3) is 0.160. The van der Waals surface area contributed by atoms with Crippen molar-refractivity contribution < 1.29 is 9.18 Å². The summed E-state index contributed by atoms with van der Waals surface area (Å²) in [6, 6.07) is 13.4. The second-order valence-corrected chi connectivity index (χ2v) is 8.19. The highest BCUT2D eigenvalue weighted by atomic mass is 19.1. The summed E-state index contributed by atoms with van der Waals surface area (Å²) in [6.45, 7) is 0.849. The lowest BCUT2D eigenvalue weighted by atomic mass is 9.99. The summed E-state index contributed by atoms with van der Waals surface area (Å²) in [7, 11) is 0. The van der Waals surface area contributed by atoms with E-state index in [4.69, 9.17) is 10.2 Å². The van der Waals surface area contributed by atoms with Gasteiger partial charge in [0.25, 0.3) is 5.91 Å². The number of pyridine rings is 1. The molecule has 0 aliphatic carbocycles. The molecule has 1 N–H and O–H groups in total. The van der Waals surface area contributed by atoms with Crippen LogP contribution in [0.15, 0.2) is 67.1 Å². The molecule has 168 valence electrons. The van der Waals surface area contributed by atoms with Gasteiger partial charge in [0.05, 0.1) is 17.5 Å². The molecule has 0 spiro atoms. The first-order chi connectivity index (χ1) is 16.7. The Labute approximate surface area is 194 Å². The molecule has 5 heterocycles. The van der Waals surface area contributed by atoms with Gasteiger partial charge in [-0.2, -0.15) is 10.2 Å². The molecule has 8 nitrogen and oxygen atoms in total. The lowest BCUT2D eigenvalue weighted by Gasteiger charge is -2.14. The highest BCUT2D eigenvalue weighted by molar-refractivity contribution is 6.03. The average Bonchev–Trinajstić information content (AvgIpc) is 3.45. The number of aromatic nitrogens is 6. The van der Waals surface area contributed by atoms with Crippen LogP contribution in [0, 0.1) is 5.82 Å². The Morgan fingerprint density at radius 2 is 1.79 bits per heavy atom. The Morgan fingerprint density at radius 3 is 2.62 bits per heavy atom. The van der Waals surface area contributed by atoms with E-state index in [1.165, 1.54) is 12.1 Å². The maximum Gasteiger partial charge on any atom is 0.256 e. The minimum Gasteiger partial charge on any atom is -0.305 e. The first-order valence-corrected chi connectivity index (χ1v) is 11.1. The van der Waals surface area contributed by atoms with Crippen LogP contribution in [0.5, 0.6) is 0 Å². The number of benzene rings is 1. The highest BCUT2D eigenvalue weighted by Crippen LogP contribution is 2.36. The maximum absolute atomic E-state index is 13.5. The molecule has 0 saturated carbocycles. The van der Waals surface area contributed by atoms with Crippen LogP contribution in [-0.4, -0.2) is 35.3 Å². The van der Waals surface area contributed by atoms with Gasteiger partial charge in [0.2, 0.25) is 0 Å². The molecule has 1 aliphatic rings. The van der Waals surface area contributed by atoms with Crippen molar-refractivity contribution in [3.63, 3.8) is 0 Å². The van der Waals surface area contributed by atoms with Crippen molar-refractivity contribution in [3.8, 4) is 22.5 Å². The smallest absolute Gasteiger partial charge is 0.256 e. The van der Waals surface area contributed by atoms with E-state index in [2.05, 4.69) is 15.3 Å². The predicted molar refractivity (Wildman–Crippen MR) is 125 cm³/mol. The van der Waals surface area contributed by atoms with E-state index in [0.29, 0.717) is 17.0 Å². The zero-order valence-electron chi connectivity index (χ0n) is 18.1. The molecular weight excluding hydrogens is 433 g/mol. The zero-order chi connectivity index (χ0) is 23.1. The van der Waals surface area contributed by atoms with Crippen molar-refractivity contribution >= 4 is 17.4 Å². The Kier molecular flexibility index (Phi) is 4.87. The fourth-order valence-corrected chi connectivity index (χ4v) is 4.34. The number of fused-ring (bicyclic) bond motifs is 2. The molecular formula is C25H20FN7O. The lowest BCUT2D eigenvalue weighted by molar-refractivity contribution is 0.102. The summed E-state index contributed by atoms with van der Waals surface area (Å²) in [5.41, 5.74) is 5.56. The van der Waals surface area contributed by atoms with Crippen LogP contribution in [0.1, 0.15) is 28.9 Å². The molecule has 0 unspecified atom stereocenters. The van der Waals surface area contributed by atoms with Crippen molar-refractivity contribution in [1.29, 1.82) is 0 Å². The standard InChI is InChI=1S/C25H20FN7O/c26-18-6-4-16(5-7-18)24-23(20-3-1-2-14-32(20)31-24)19-8-9-22-28-21(15-33(22)30-19)29-25(34)17-10-12-27-13-11-17/h4-13,15H,1-3,14H2,(H,29,34). The molecule has 0 bridgehead atoms. The first-order valence-electron chi connectivity index (χ1n) is 11.1. The predicted octanol–water partition coefficient (Wildman–Crippen LogP) is 4.38. The molecule has 1 amide bonds. The number of nitrogens with one attached hydrogen (secondary N) is 1. The monoisotopic (exact) mass is 453 g/mol. The van der Waals surface area contributed by atoms with Crippen LogP contribution in [0.3, 0.4) is 0 Å². The molecule has 34 heavy (non-hydrogen) atoms. The number of nitrogens with zero attached hydrogens (tertiary/aromatic N) is 6. The summed E-state index contributed by atoms with van der Waals surface area (Å²) < 4.78 is 17.2. The number of hydrogen-bond donors (Lipinski definition) is 1. The third kappa shape index (κ3) is 3.61. The summed E-state index contributed by atoms with van der Waals surface area (Å²) >= 11 is 0. The second kappa shape index (κ2) is 8.18. The van der Waals surface area contributed by atoms with Gasteiger partial charge in [0.15, 0.2) is 11.5 Å². The highest BCUT2D eigenvalue weighted by Gasteiger charge is 2.24. The Morgan fingerprint density at radius 1 is 0.971 bits per heavy atom. The molecule has 0 atom stereocenters. The van der Waals surface area contributed by atoms with Crippen LogP contribution in [0.4, 0.5) is 10.2 Å². The number of carbonyl (C=O) groups excluding carboxylic acids is 1. The molecule has 0 radical (unpaired) electrons. The third-order valence-corrected chi connectivity index (χ3v) is 5.97. The summed E-state index contributed by atoms with van der Waals surface area (Å²) in [5, 5.41) is 12.5. The molecule has 5 aromatic rings. The van der Waals surface area contributed by atoms with Crippen LogP contribution < -0.4 is 5.32 Å². The molecule has 6 rings (SSSR count). The summed E-state index contributed by atoms with van der Waals surface area (Å²) in [4.78, 5) is 20.9. The van der Waals surface area contributed by atoms with E-state index in [-0.39, 0.29) is 11.7 Å². The van der Waals surface area contributed by atoms with Gasteiger partial charge in [-0.25, -0.2) is 13.9 Å². The number of carbonyl (C=O) groups is 1. The van der Waals surface area contributed by atoms with Gasteiger partial charge < -0.3 is 5.32 Å². The lowest BCUT2D eigenvalue weighted by Crippen LogP contribution is -2.12. The van der Waals surface area contributed by atoms with Crippen LogP contribution >= 0.6 is 0 Å². The largest absolute Gasteiger partial charge is 0.305 e. The minimum atomic E-state index is -0.284. The van der Waals surface area contributed by atoms with E-state index in [1.54, 1.807) is 47.4 Å². The molecule has 4 aromatic heterocycles. The van der Waals surface area contributed by atoms with Crippen LogP contribution in [0.2, 0.25) is 0 Å². The normalized spacial score (nSPS) is 13.1. The number of amides is 1. The van der Waals surface area contributed by atoms with Crippen molar-refractivity contribution in [2.24, 2.45) is 0 Å². The van der Waals surface area contributed by atoms with Gasteiger partial charge in [-0.05, 0) is 67.8 Å². The van der Waals surface area contributed by atoms with Crippen LogP contribution in [0.25, 0.3) is 28.2 Å². The molecule has 1 aromatic carbocycles. The van der Waals surface area contributed by atoms with Crippen molar-refractivity contribution in [2.75, 3.05) is 5.32 Å². The third-order valence-electron chi connectivity index (χ3n) is 5.97. The minimum absolute atomic E-state index is 0.268. The van der Waals surface area contributed by atoms with E-state index in [1.807, 2.05) is 16.8 Å². The fourth-order valence-electron chi connectivity index (χ4n) is 4.34. The van der Waals surface area contributed by atoms with E-state index >= 15 is 0 Å². The van der Waals surface area contributed by atoms with Gasteiger partial charge in [-0.3, -0.25) is 14.5 Å². The summed E-state index contributed by atoms with van der Waals surface area (Å²) in [5.74, 6) is -0.147. The van der Waals surface area contributed by atoms with Crippen LogP contribution in [-0.2, 0) is 13.0 Å². The van der Waals surface area contributed by atoms with Gasteiger partial charge >= 0.3 is 0 Å². The van der Waals surface area contributed by atoms with E-state index < -0.39 is 0 Å². The average molecular weight is 453 g/mol. The Bertz CT molecular complexity index is 1510. The molecule has 0 fully saturated rings. The van der Waals surface area contributed by atoms with Crippen molar-refractivity contribution in [3.05, 3.63) is 84.2 Å². The zero-order valence-corrected chi connectivity index (χ0v) is 18.1. The van der Waals surface area contributed by atoms with Gasteiger partial charge in [-0.15, -0.1) is 0 Å². The number of rotatable bonds is 4. The Balaban J connectivity index is 1.40. The number of imidazole rings is 1. The topological polar surface area (TPSA) is 90.0 Å². The second-order valence-electron chi connectivity index (χ2n) is 8.19. The van der Waals surface area contributed by atoms with E-state index in [0.717, 1.165) is 54.0 Å².